The summed E-state index contributed by atoms with van der Waals surface area (Å²) in [5.41, 5.74) is 0. The SMILES string of the molecule is OC1CCCC1C1CCCCN1CCN1CCOCC1. The van der Waals surface area contributed by atoms with Gasteiger partial charge < -0.3 is 9.84 Å². The lowest BCUT2D eigenvalue weighted by atomic mass is 9.88. The van der Waals surface area contributed by atoms with Gasteiger partial charge in [-0.05, 0) is 32.2 Å². The Morgan fingerprint density at radius 1 is 0.900 bits per heavy atom. The van der Waals surface area contributed by atoms with Crippen molar-refractivity contribution in [1.82, 2.24) is 9.80 Å². The first-order valence-electron chi connectivity index (χ1n) is 8.57. The molecule has 0 amide bonds. The summed E-state index contributed by atoms with van der Waals surface area (Å²) in [5, 5.41) is 10.2. The van der Waals surface area contributed by atoms with Crippen LogP contribution in [0.5, 0.6) is 0 Å². The summed E-state index contributed by atoms with van der Waals surface area (Å²) in [7, 11) is 0. The number of ether oxygens (including phenoxy) is 1. The molecule has 3 aliphatic rings. The van der Waals surface area contributed by atoms with Gasteiger partial charge in [0.2, 0.25) is 0 Å². The molecule has 1 N–H and O–H groups in total. The number of likely N-dealkylation sites (tertiary alicyclic amines) is 1. The van der Waals surface area contributed by atoms with Crippen molar-refractivity contribution in [2.45, 2.75) is 50.7 Å². The van der Waals surface area contributed by atoms with Gasteiger partial charge in [-0.25, -0.2) is 0 Å². The van der Waals surface area contributed by atoms with Crippen LogP contribution in [0.1, 0.15) is 38.5 Å². The fraction of sp³-hybridized carbons (Fsp3) is 1.00. The molecular formula is C16H30N2O2. The molecule has 0 aromatic heterocycles. The van der Waals surface area contributed by atoms with Gasteiger partial charge in [-0.3, -0.25) is 9.80 Å². The van der Waals surface area contributed by atoms with Gasteiger partial charge in [0, 0.05) is 38.1 Å². The van der Waals surface area contributed by atoms with Gasteiger partial charge in [-0.1, -0.05) is 12.8 Å². The predicted molar refractivity (Wildman–Crippen MR) is 79.8 cm³/mol. The van der Waals surface area contributed by atoms with E-state index in [0.29, 0.717) is 12.0 Å². The molecule has 3 rings (SSSR count). The van der Waals surface area contributed by atoms with Gasteiger partial charge in [0.25, 0.3) is 0 Å². The van der Waals surface area contributed by atoms with Crippen LogP contribution in [0.25, 0.3) is 0 Å². The Balaban J connectivity index is 1.52. The topological polar surface area (TPSA) is 35.9 Å². The van der Waals surface area contributed by atoms with E-state index >= 15 is 0 Å². The zero-order valence-corrected chi connectivity index (χ0v) is 12.7. The van der Waals surface area contributed by atoms with Crippen molar-refractivity contribution in [2.24, 2.45) is 5.92 Å². The highest BCUT2D eigenvalue weighted by Crippen LogP contribution is 2.35. The Labute approximate surface area is 123 Å². The lowest BCUT2D eigenvalue weighted by Crippen LogP contribution is -2.50. The molecule has 1 saturated carbocycles. The van der Waals surface area contributed by atoms with Crippen molar-refractivity contribution in [2.75, 3.05) is 45.9 Å². The minimum atomic E-state index is -0.0380. The van der Waals surface area contributed by atoms with E-state index in [2.05, 4.69) is 9.80 Å². The van der Waals surface area contributed by atoms with Gasteiger partial charge in [-0.2, -0.15) is 0 Å². The number of rotatable bonds is 4. The number of hydrogen-bond acceptors (Lipinski definition) is 4. The second-order valence-corrected chi connectivity index (χ2v) is 6.72. The summed E-state index contributed by atoms with van der Waals surface area (Å²) < 4.78 is 5.42. The molecule has 3 unspecified atom stereocenters. The molecule has 1 aliphatic carbocycles. The lowest BCUT2D eigenvalue weighted by Gasteiger charge is -2.41. The molecule has 4 heteroatoms. The number of nitrogens with zero attached hydrogens (tertiary/aromatic N) is 2. The standard InChI is InChI=1S/C16H30N2O2/c19-16-6-3-4-14(16)15-5-1-2-7-18(15)9-8-17-10-12-20-13-11-17/h14-16,19H,1-13H2. The molecule has 0 bridgehead atoms. The van der Waals surface area contributed by atoms with Crippen LogP contribution in [0.4, 0.5) is 0 Å². The highest BCUT2D eigenvalue weighted by Gasteiger charge is 2.36. The normalized spacial score (nSPS) is 37.4. The van der Waals surface area contributed by atoms with E-state index in [4.69, 9.17) is 4.74 Å². The van der Waals surface area contributed by atoms with Crippen molar-refractivity contribution in [3.05, 3.63) is 0 Å². The molecule has 2 heterocycles. The van der Waals surface area contributed by atoms with Crippen LogP contribution in [0, 0.1) is 5.92 Å². The summed E-state index contributed by atoms with van der Waals surface area (Å²) >= 11 is 0. The van der Waals surface area contributed by atoms with Crippen LogP contribution in [0.15, 0.2) is 0 Å². The quantitative estimate of drug-likeness (QED) is 0.844. The third-order valence-electron chi connectivity index (χ3n) is 5.50. The van der Waals surface area contributed by atoms with E-state index in [1.807, 2.05) is 0 Å². The fourth-order valence-corrected chi connectivity index (χ4v) is 4.29. The molecule has 20 heavy (non-hydrogen) atoms. The minimum absolute atomic E-state index is 0.0380. The second-order valence-electron chi connectivity index (χ2n) is 6.72. The van der Waals surface area contributed by atoms with Gasteiger partial charge in [0.05, 0.1) is 19.3 Å². The molecule has 2 saturated heterocycles. The summed E-state index contributed by atoms with van der Waals surface area (Å²) in [6.07, 6.45) is 7.43. The number of piperidine rings is 1. The van der Waals surface area contributed by atoms with E-state index < -0.39 is 0 Å². The van der Waals surface area contributed by atoms with Crippen molar-refractivity contribution in [1.29, 1.82) is 0 Å². The number of morpholine rings is 1. The minimum Gasteiger partial charge on any atom is -0.393 e. The highest BCUT2D eigenvalue weighted by molar-refractivity contribution is 4.90. The van der Waals surface area contributed by atoms with Crippen LogP contribution < -0.4 is 0 Å². The monoisotopic (exact) mass is 282 g/mol. The van der Waals surface area contributed by atoms with E-state index in [0.717, 1.165) is 32.7 Å². The van der Waals surface area contributed by atoms with E-state index in [1.165, 1.54) is 51.7 Å². The van der Waals surface area contributed by atoms with Crippen molar-refractivity contribution < 1.29 is 9.84 Å². The molecule has 0 aromatic carbocycles. The largest absolute Gasteiger partial charge is 0.393 e. The Morgan fingerprint density at radius 3 is 2.50 bits per heavy atom. The predicted octanol–water partition coefficient (Wildman–Crippen LogP) is 1.33. The lowest BCUT2D eigenvalue weighted by molar-refractivity contribution is 0.0108. The van der Waals surface area contributed by atoms with Crippen LogP contribution in [0.3, 0.4) is 0 Å². The third kappa shape index (κ3) is 3.53. The van der Waals surface area contributed by atoms with E-state index in [-0.39, 0.29) is 6.10 Å². The molecule has 0 spiro atoms. The molecule has 3 atom stereocenters. The molecule has 0 radical (unpaired) electrons. The fourth-order valence-electron chi connectivity index (χ4n) is 4.29. The van der Waals surface area contributed by atoms with Crippen molar-refractivity contribution in [3.63, 3.8) is 0 Å². The third-order valence-corrected chi connectivity index (χ3v) is 5.50. The zero-order chi connectivity index (χ0) is 13.8. The Hall–Kier alpha value is -0.160. The van der Waals surface area contributed by atoms with Crippen molar-refractivity contribution >= 4 is 0 Å². The maximum atomic E-state index is 10.2. The average Bonchev–Trinajstić information content (AvgIpc) is 2.92. The molecular weight excluding hydrogens is 252 g/mol. The number of aliphatic hydroxyl groups excluding tert-OH is 1. The van der Waals surface area contributed by atoms with Crippen LogP contribution in [-0.2, 0) is 4.74 Å². The van der Waals surface area contributed by atoms with Crippen LogP contribution in [-0.4, -0.2) is 73.0 Å². The first-order chi connectivity index (χ1) is 9.84. The van der Waals surface area contributed by atoms with Crippen LogP contribution in [0.2, 0.25) is 0 Å². The Morgan fingerprint density at radius 2 is 1.75 bits per heavy atom. The molecule has 3 fully saturated rings. The van der Waals surface area contributed by atoms with Gasteiger partial charge in [0.15, 0.2) is 0 Å². The molecule has 2 aliphatic heterocycles. The van der Waals surface area contributed by atoms with Gasteiger partial charge in [0.1, 0.15) is 0 Å². The van der Waals surface area contributed by atoms with Gasteiger partial charge in [-0.15, -0.1) is 0 Å². The summed E-state index contributed by atoms with van der Waals surface area (Å²) in [5.74, 6) is 0.542. The molecule has 4 nitrogen and oxygen atoms in total. The number of aliphatic hydroxyl groups is 1. The first-order valence-corrected chi connectivity index (χ1v) is 8.57. The highest BCUT2D eigenvalue weighted by atomic mass is 16.5. The summed E-state index contributed by atoms with van der Waals surface area (Å²) in [6.45, 7) is 7.54. The summed E-state index contributed by atoms with van der Waals surface area (Å²) in [6, 6.07) is 0.641. The molecule has 0 aromatic rings. The summed E-state index contributed by atoms with van der Waals surface area (Å²) in [4.78, 5) is 5.21. The second kappa shape index (κ2) is 7.21. The Kier molecular flexibility index (Phi) is 5.32. The van der Waals surface area contributed by atoms with E-state index in [1.54, 1.807) is 0 Å². The average molecular weight is 282 g/mol. The Bertz CT molecular complexity index is 294. The van der Waals surface area contributed by atoms with Gasteiger partial charge >= 0.3 is 0 Å². The van der Waals surface area contributed by atoms with Crippen molar-refractivity contribution in [3.8, 4) is 0 Å². The van der Waals surface area contributed by atoms with Crippen LogP contribution >= 0.6 is 0 Å². The maximum Gasteiger partial charge on any atom is 0.0594 e. The zero-order valence-electron chi connectivity index (χ0n) is 12.7. The van der Waals surface area contributed by atoms with E-state index in [9.17, 15) is 5.11 Å². The first kappa shape index (κ1) is 14.8. The smallest absolute Gasteiger partial charge is 0.0594 e. The number of hydrogen-bond donors (Lipinski definition) is 1. The molecule has 116 valence electrons. The maximum absolute atomic E-state index is 10.2.